The summed E-state index contributed by atoms with van der Waals surface area (Å²) in [5.41, 5.74) is 3.64. The highest BCUT2D eigenvalue weighted by Gasteiger charge is 2.24. The second kappa shape index (κ2) is 9.83. The lowest BCUT2D eigenvalue weighted by Crippen LogP contribution is -2.47. The van der Waals surface area contributed by atoms with Crippen LogP contribution < -0.4 is 5.32 Å². The van der Waals surface area contributed by atoms with E-state index in [4.69, 9.17) is 0 Å². The standard InChI is InChI=1S/C24H24N4O3/c1-4-22(30)23(16(2)29)27-24(31)19-10-7-17(8-11-19)5-6-18-9-12-20(25-15-18)21-13-14-26-28(21)3/h7-16,23,29H,4H2,1-3H3,(H,27,31)/t16-,23-/m0/s1. The Kier molecular flexibility index (Phi) is 6.96. The van der Waals surface area contributed by atoms with E-state index in [2.05, 4.69) is 27.2 Å². The molecular formula is C24H24N4O3. The van der Waals surface area contributed by atoms with Gasteiger partial charge in [-0.1, -0.05) is 18.8 Å². The van der Waals surface area contributed by atoms with E-state index >= 15 is 0 Å². The van der Waals surface area contributed by atoms with Gasteiger partial charge < -0.3 is 10.4 Å². The highest BCUT2D eigenvalue weighted by Crippen LogP contribution is 2.15. The van der Waals surface area contributed by atoms with Crippen LogP contribution in [-0.4, -0.2) is 43.7 Å². The molecule has 3 rings (SSSR count). The van der Waals surface area contributed by atoms with Crippen LogP contribution >= 0.6 is 0 Å². The van der Waals surface area contributed by atoms with Gasteiger partial charge in [-0.05, 0) is 49.4 Å². The molecule has 1 amide bonds. The van der Waals surface area contributed by atoms with Crippen molar-refractivity contribution in [3.63, 3.8) is 0 Å². The average Bonchev–Trinajstić information content (AvgIpc) is 3.21. The number of carbonyl (C=O) groups is 2. The summed E-state index contributed by atoms with van der Waals surface area (Å²) >= 11 is 0. The van der Waals surface area contributed by atoms with Crippen molar-refractivity contribution in [2.75, 3.05) is 0 Å². The van der Waals surface area contributed by atoms with Crippen LogP contribution in [0.3, 0.4) is 0 Å². The van der Waals surface area contributed by atoms with Crippen molar-refractivity contribution in [1.29, 1.82) is 0 Å². The molecule has 158 valence electrons. The number of nitrogens with one attached hydrogen (secondary N) is 1. The number of Topliss-reactive ketones (excluding diaryl/α,β-unsaturated/α-hetero) is 1. The second-order valence-corrected chi connectivity index (χ2v) is 7.11. The molecule has 0 aliphatic carbocycles. The summed E-state index contributed by atoms with van der Waals surface area (Å²) in [7, 11) is 1.86. The minimum atomic E-state index is -0.959. The Morgan fingerprint density at radius 1 is 1.10 bits per heavy atom. The Bertz CT molecular complexity index is 1120. The molecule has 0 fully saturated rings. The number of amides is 1. The third-order valence-electron chi connectivity index (χ3n) is 4.81. The highest BCUT2D eigenvalue weighted by atomic mass is 16.3. The van der Waals surface area contributed by atoms with Crippen molar-refractivity contribution in [1.82, 2.24) is 20.1 Å². The van der Waals surface area contributed by atoms with Crippen molar-refractivity contribution < 1.29 is 14.7 Å². The first-order valence-corrected chi connectivity index (χ1v) is 9.97. The van der Waals surface area contributed by atoms with E-state index < -0.39 is 18.1 Å². The van der Waals surface area contributed by atoms with Gasteiger partial charge in [0.15, 0.2) is 5.78 Å². The molecule has 0 saturated carbocycles. The Labute approximate surface area is 181 Å². The molecule has 2 N–H and O–H groups in total. The van der Waals surface area contributed by atoms with Gasteiger partial charge in [0.2, 0.25) is 0 Å². The molecule has 2 heterocycles. The zero-order chi connectivity index (χ0) is 22.4. The summed E-state index contributed by atoms with van der Waals surface area (Å²) < 4.78 is 1.76. The number of ketones is 1. The van der Waals surface area contributed by atoms with Gasteiger partial charge in [0.05, 0.1) is 17.5 Å². The van der Waals surface area contributed by atoms with E-state index in [9.17, 15) is 14.7 Å². The van der Waals surface area contributed by atoms with Gasteiger partial charge in [0, 0.05) is 42.6 Å². The maximum atomic E-state index is 12.4. The molecule has 7 nitrogen and oxygen atoms in total. The average molecular weight is 416 g/mol. The van der Waals surface area contributed by atoms with Crippen molar-refractivity contribution in [2.45, 2.75) is 32.4 Å². The van der Waals surface area contributed by atoms with Gasteiger partial charge in [0.1, 0.15) is 6.04 Å². The van der Waals surface area contributed by atoms with E-state index in [0.29, 0.717) is 5.56 Å². The fourth-order valence-corrected chi connectivity index (χ4v) is 3.01. The zero-order valence-electron chi connectivity index (χ0n) is 17.7. The number of aliphatic hydroxyl groups is 1. The fourth-order valence-electron chi connectivity index (χ4n) is 3.01. The lowest BCUT2D eigenvalue weighted by atomic mass is 10.0. The molecule has 0 spiro atoms. The third kappa shape index (κ3) is 5.44. The molecule has 0 bridgehead atoms. The maximum absolute atomic E-state index is 12.4. The minimum Gasteiger partial charge on any atom is -0.391 e. The van der Waals surface area contributed by atoms with E-state index in [1.165, 1.54) is 6.92 Å². The van der Waals surface area contributed by atoms with Gasteiger partial charge in [-0.2, -0.15) is 5.10 Å². The summed E-state index contributed by atoms with van der Waals surface area (Å²) in [6, 6.07) is 11.5. The number of pyridine rings is 1. The summed E-state index contributed by atoms with van der Waals surface area (Å²) in [5, 5.41) is 16.5. The topological polar surface area (TPSA) is 97.1 Å². The summed E-state index contributed by atoms with van der Waals surface area (Å²) in [4.78, 5) is 28.7. The summed E-state index contributed by atoms with van der Waals surface area (Å²) in [6.07, 6.45) is 2.71. The van der Waals surface area contributed by atoms with Crippen LogP contribution in [0.1, 0.15) is 41.8 Å². The lowest BCUT2D eigenvalue weighted by molar-refractivity contribution is -0.122. The van der Waals surface area contributed by atoms with Crippen LogP contribution in [0.15, 0.2) is 54.9 Å². The summed E-state index contributed by atoms with van der Waals surface area (Å²) in [6.45, 7) is 3.18. The van der Waals surface area contributed by atoms with Crippen LogP contribution in [0.5, 0.6) is 0 Å². The van der Waals surface area contributed by atoms with Crippen LogP contribution in [0.4, 0.5) is 0 Å². The molecule has 0 aliphatic rings. The molecule has 31 heavy (non-hydrogen) atoms. The van der Waals surface area contributed by atoms with Gasteiger partial charge in [-0.15, -0.1) is 0 Å². The maximum Gasteiger partial charge on any atom is 0.251 e. The highest BCUT2D eigenvalue weighted by molar-refractivity contribution is 5.98. The van der Waals surface area contributed by atoms with E-state index in [1.807, 2.05) is 25.2 Å². The number of carbonyl (C=O) groups excluding carboxylic acids is 2. The first-order chi connectivity index (χ1) is 14.9. The van der Waals surface area contributed by atoms with Crippen molar-refractivity contribution in [2.24, 2.45) is 7.05 Å². The van der Waals surface area contributed by atoms with E-state index in [-0.39, 0.29) is 12.2 Å². The molecule has 2 aromatic heterocycles. The Hall–Kier alpha value is -3.76. The largest absolute Gasteiger partial charge is 0.391 e. The smallest absolute Gasteiger partial charge is 0.251 e. The molecule has 2 atom stereocenters. The SMILES string of the molecule is CCC(=O)[C@@H](NC(=O)c1ccc(C#Cc2ccc(-c3ccnn3C)nc2)cc1)[C@H](C)O. The number of rotatable bonds is 6. The number of benzene rings is 1. The van der Waals surface area contributed by atoms with Gasteiger partial charge in [-0.3, -0.25) is 19.3 Å². The number of hydrogen-bond acceptors (Lipinski definition) is 5. The Balaban J connectivity index is 1.67. The molecule has 7 heteroatoms. The van der Waals surface area contributed by atoms with Crippen molar-refractivity contribution >= 4 is 11.7 Å². The van der Waals surface area contributed by atoms with Crippen LogP contribution in [0, 0.1) is 11.8 Å². The quantitative estimate of drug-likeness (QED) is 0.601. The number of aryl methyl sites for hydroxylation is 1. The number of hydrogen-bond donors (Lipinski definition) is 2. The second-order valence-electron chi connectivity index (χ2n) is 7.11. The normalized spacial score (nSPS) is 12.4. The summed E-state index contributed by atoms with van der Waals surface area (Å²) in [5.74, 6) is 5.47. The lowest BCUT2D eigenvalue weighted by Gasteiger charge is -2.19. The fraction of sp³-hybridized carbons (Fsp3) is 0.250. The molecule has 0 aliphatic heterocycles. The van der Waals surface area contributed by atoms with Gasteiger partial charge >= 0.3 is 0 Å². The molecular weight excluding hydrogens is 392 g/mol. The number of nitrogens with zero attached hydrogens (tertiary/aromatic N) is 3. The van der Waals surface area contributed by atoms with Crippen molar-refractivity contribution in [3.05, 3.63) is 71.5 Å². The molecule has 0 radical (unpaired) electrons. The Morgan fingerprint density at radius 3 is 2.32 bits per heavy atom. The Morgan fingerprint density at radius 2 is 1.77 bits per heavy atom. The first-order valence-electron chi connectivity index (χ1n) is 9.97. The third-order valence-corrected chi connectivity index (χ3v) is 4.81. The van der Waals surface area contributed by atoms with Crippen LogP contribution in [-0.2, 0) is 11.8 Å². The van der Waals surface area contributed by atoms with Gasteiger partial charge in [-0.25, -0.2) is 0 Å². The van der Waals surface area contributed by atoms with E-state index in [0.717, 1.165) is 22.5 Å². The number of aromatic nitrogens is 3. The van der Waals surface area contributed by atoms with Crippen LogP contribution in [0.2, 0.25) is 0 Å². The van der Waals surface area contributed by atoms with Crippen LogP contribution in [0.25, 0.3) is 11.4 Å². The van der Waals surface area contributed by atoms with Crippen molar-refractivity contribution in [3.8, 4) is 23.2 Å². The van der Waals surface area contributed by atoms with E-state index in [1.54, 1.807) is 48.3 Å². The predicted molar refractivity (Wildman–Crippen MR) is 117 cm³/mol. The number of aliphatic hydroxyl groups excluding tert-OH is 1. The molecule has 3 aromatic rings. The molecule has 0 saturated heterocycles. The first kappa shape index (κ1) is 21.9. The minimum absolute atomic E-state index is 0.214. The zero-order valence-corrected chi connectivity index (χ0v) is 17.7. The monoisotopic (exact) mass is 416 g/mol. The van der Waals surface area contributed by atoms with Gasteiger partial charge in [0.25, 0.3) is 5.91 Å². The molecule has 1 aromatic carbocycles. The molecule has 0 unspecified atom stereocenters. The predicted octanol–water partition coefficient (Wildman–Crippen LogP) is 2.34.